The van der Waals surface area contributed by atoms with E-state index in [0.717, 1.165) is 75.6 Å². The van der Waals surface area contributed by atoms with E-state index in [1.807, 2.05) is 0 Å². The molecule has 0 saturated carbocycles. The molecule has 2 fully saturated rings. The second-order valence-corrected chi connectivity index (χ2v) is 9.02. The Morgan fingerprint density at radius 2 is 1.84 bits per heavy atom. The van der Waals surface area contributed by atoms with Gasteiger partial charge in [0.1, 0.15) is 17.0 Å². The summed E-state index contributed by atoms with van der Waals surface area (Å²) in [7, 11) is 2.17. The molecule has 0 aromatic carbocycles. The number of carbonyl (C=O) groups is 1. The van der Waals surface area contributed by atoms with Gasteiger partial charge in [0.15, 0.2) is 0 Å². The molecule has 0 unspecified atom stereocenters. The van der Waals surface area contributed by atoms with E-state index >= 15 is 0 Å². The standard InChI is InChI=1S/C23H37N7O2/c1-3-18-21-22(30-12-5-4-6-13-30)25-19(26-23(21)32-27-18)8-9-20(31)24-10-7-11-29-16-14-28(2)15-17-29/h3-17H2,1-2H3,(H,24,31). The molecule has 1 amide bonds. The molecule has 4 heterocycles. The maximum Gasteiger partial charge on any atom is 0.263 e. The van der Waals surface area contributed by atoms with Crippen LogP contribution < -0.4 is 10.2 Å². The minimum absolute atomic E-state index is 0.0541. The Hall–Kier alpha value is -2.26. The molecule has 2 aliphatic heterocycles. The van der Waals surface area contributed by atoms with E-state index in [2.05, 4.69) is 44.1 Å². The van der Waals surface area contributed by atoms with Crippen LogP contribution in [-0.4, -0.2) is 90.2 Å². The van der Waals surface area contributed by atoms with Crippen molar-refractivity contribution in [3.8, 4) is 0 Å². The first-order chi connectivity index (χ1) is 15.6. The number of anilines is 1. The first-order valence-corrected chi connectivity index (χ1v) is 12.2. The number of hydrogen-bond acceptors (Lipinski definition) is 8. The lowest BCUT2D eigenvalue weighted by molar-refractivity contribution is -0.121. The second-order valence-electron chi connectivity index (χ2n) is 9.02. The molecular formula is C23H37N7O2. The van der Waals surface area contributed by atoms with E-state index in [1.54, 1.807) is 0 Å². The molecule has 4 rings (SSSR count). The Labute approximate surface area is 190 Å². The molecule has 9 nitrogen and oxygen atoms in total. The third-order valence-electron chi connectivity index (χ3n) is 6.57. The number of piperazine rings is 1. The van der Waals surface area contributed by atoms with Gasteiger partial charge in [-0.1, -0.05) is 12.1 Å². The lowest BCUT2D eigenvalue weighted by Gasteiger charge is -2.32. The highest BCUT2D eigenvalue weighted by molar-refractivity contribution is 5.88. The van der Waals surface area contributed by atoms with Crippen molar-refractivity contribution in [3.63, 3.8) is 0 Å². The maximum absolute atomic E-state index is 12.4. The van der Waals surface area contributed by atoms with Crippen LogP contribution in [0.5, 0.6) is 0 Å². The van der Waals surface area contributed by atoms with Crippen molar-refractivity contribution in [2.45, 2.75) is 51.9 Å². The summed E-state index contributed by atoms with van der Waals surface area (Å²) in [5.41, 5.74) is 1.45. The molecule has 0 aliphatic carbocycles. The molecule has 2 aromatic heterocycles. The highest BCUT2D eigenvalue weighted by Crippen LogP contribution is 2.29. The fourth-order valence-corrected chi connectivity index (χ4v) is 4.54. The van der Waals surface area contributed by atoms with Crippen molar-refractivity contribution in [3.05, 3.63) is 11.5 Å². The molecule has 0 atom stereocenters. The third-order valence-corrected chi connectivity index (χ3v) is 6.57. The van der Waals surface area contributed by atoms with E-state index < -0.39 is 0 Å². The van der Waals surface area contributed by atoms with Crippen LogP contribution in [0.25, 0.3) is 11.1 Å². The smallest absolute Gasteiger partial charge is 0.263 e. The number of nitrogens with zero attached hydrogens (tertiary/aromatic N) is 6. The highest BCUT2D eigenvalue weighted by Gasteiger charge is 2.22. The average molecular weight is 444 g/mol. The van der Waals surface area contributed by atoms with E-state index in [0.29, 0.717) is 30.9 Å². The lowest BCUT2D eigenvalue weighted by atomic mass is 10.1. The van der Waals surface area contributed by atoms with Gasteiger partial charge in [0.05, 0.1) is 5.69 Å². The first kappa shape index (κ1) is 22.9. The van der Waals surface area contributed by atoms with Crippen LogP contribution >= 0.6 is 0 Å². The lowest BCUT2D eigenvalue weighted by Crippen LogP contribution is -2.45. The quantitative estimate of drug-likeness (QED) is 0.588. The molecule has 176 valence electrons. The Morgan fingerprint density at radius 3 is 2.59 bits per heavy atom. The Morgan fingerprint density at radius 1 is 1.06 bits per heavy atom. The van der Waals surface area contributed by atoms with Crippen LogP contribution in [0.15, 0.2) is 4.52 Å². The molecule has 9 heteroatoms. The van der Waals surface area contributed by atoms with Crippen LogP contribution in [-0.2, 0) is 17.6 Å². The number of likely N-dealkylation sites (N-methyl/N-ethyl adjacent to an activating group) is 1. The van der Waals surface area contributed by atoms with Gasteiger partial charge in [0.25, 0.3) is 5.71 Å². The van der Waals surface area contributed by atoms with Crippen molar-refractivity contribution in [1.29, 1.82) is 0 Å². The van der Waals surface area contributed by atoms with Gasteiger partial charge >= 0.3 is 0 Å². The second kappa shape index (κ2) is 11.0. The summed E-state index contributed by atoms with van der Waals surface area (Å²) in [4.78, 5) is 29.0. The Kier molecular flexibility index (Phi) is 7.91. The molecule has 32 heavy (non-hydrogen) atoms. The number of hydrogen-bond donors (Lipinski definition) is 1. The number of carbonyl (C=O) groups excluding carboxylic acids is 1. The van der Waals surface area contributed by atoms with E-state index in [4.69, 9.17) is 9.51 Å². The van der Waals surface area contributed by atoms with Gasteiger partial charge in [-0.05, 0) is 45.7 Å². The van der Waals surface area contributed by atoms with Crippen molar-refractivity contribution < 1.29 is 9.32 Å². The van der Waals surface area contributed by atoms with Crippen LogP contribution in [0, 0.1) is 0 Å². The molecule has 2 saturated heterocycles. The zero-order valence-corrected chi connectivity index (χ0v) is 19.6. The summed E-state index contributed by atoms with van der Waals surface area (Å²) >= 11 is 0. The molecule has 2 aliphatic rings. The van der Waals surface area contributed by atoms with Gasteiger partial charge in [-0.25, -0.2) is 4.98 Å². The number of piperidine rings is 1. The topological polar surface area (TPSA) is 90.6 Å². The van der Waals surface area contributed by atoms with Crippen LogP contribution in [0.1, 0.15) is 50.5 Å². The summed E-state index contributed by atoms with van der Waals surface area (Å²) in [5.74, 6) is 1.64. The Bertz CT molecular complexity index is 886. The van der Waals surface area contributed by atoms with Gasteiger partial charge in [0.2, 0.25) is 5.91 Å². The van der Waals surface area contributed by atoms with Crippen molar-refractivity contribution in [2.24, 2.45) is 0 Å². The Balaban J connectivity index is 1.30. The van der Waals surface area contributed by atoms with E-state index in [9.17, 15) is 4.79 Å². The van der Waals surface area contributed by atoms with Crippen LogP contribution in [0.3, 0.4) is 0 Å². The molecule has 0 radical (unpaired) electrons. The molecule has 0 bridgehead atoms. The summed E-state index contributed by atoms with van der Waals surface area (Å²) in [5, 5.41) is 8.20. The minimum Gasteiger partial charge on any atom is -0.356 e. The number of amides is 1. The monoisotopic (exact) mass is 443 g/mol. The summed E-state index contributed by atoms with van der Waals surface area (Å²) in [6.07, 6.45) is 6.25. The summed E-state index contributed by atoms with van der Waals surface area (Å²) in [6.45, 7) is 10.3. The fourth-order valence-electron chi connectivity index (χ4n) is 4.54. The molecule has 1 N–H and O–H groups in total. The van der Waals surface area contributed by atoms with Gasteiger partial charge in [-0.3, -0.25) is 4.79 Å². The normalized spacial score (nSPS) is 18.4. The molecule has 0 spiro atoms. The number of aryl methyl sites for hydroxylation is 2. The van der Waals surface area contributed by atoms with Crippen molar-refractivity contribution >= 4 is 22.8 Å². The van der Waals surface area contributed by atoms with Crippen molar-refractivity contribution in [1.82, 2.24) is 30.2 Å². The van der Waals surface area contributed by atoms with Gasteiger partial charge < -0.3 is 24.5 Å². The van der Waals surface area contributed by atoms with Crippen molar-refractivity contribution in [2.75, 3.05) is 64.3 Å². The van der Waals surface area contributed by atoms with Gasteiger partial charge in [-0.15, -0.1) is 0 Å². The maximum atomic E-state index is 12.4. The highest BCUT2D eigenvalue weighted by atomic mass is 16.5. The van der Waals surface area contributed by atoms with Gasteiger partial charge in [-0.2, -0.15) is 4.98 Å². The predicted molar refractivity (Wildman–Crippen MR) is 125 cm³/mol. The SMILES string of the molecule is CCc1noc2nc(CCC(=O)NCCCN3CCN(C)CC3)nc(N3CCCCC3)c12. The third kappa shape index (κ3) is 5.75. The summed E-state index contributed by atoms with van der Waals surface area (Å²) in [6, 6.07) is 0. The minimum atomic E-state index is 0.0541. The van der Waals surface area contributed by atoms with Crippen LogP contribution in [0.4, 0.5) is 5.82 Å². The largest absolute Gasteiger partial charge is 0.356 e. The fraction of sp³-hybridized carbons (Fsp3) is 0.739. The summed E-state index contributed by atoms with van der Waals surface area (Å²) < 4.78 is 5.53. The number of aromatic nitrogens is 3. The number of fused-ring (bicyclic) bond motifs is 1. The van der Waals surface area contributed by atoms with E-state index in [-0.39, 0.29) is 5.91 Å². The van der Waals surface area contributed by atoms with E-state index in [1.165, 1.54) is 19.3 Å². The molecule has 2 aromatic rings. The number of nitrogens with one attached hydrogen (secondary N) is 1. The molecular weight excluding hydrogens is 406 g/mol. The zero-order chi connectivity index (χ0) is 22.3. The van der Waals surface area contributed by atoms with Crippen LogP contribution in [0.2, 0.25) is 0 Å². The average Bonchev–Trinajstić information content (AvgIpc) is 3.25. The first-order valence-electron chi connectivity index (χ1n) is 12.2. The zero-order valence-electron chi connectivity index (χ0n) is 19.6. The van der Waals surface area contributed by atoms with Gasteiger partial charge in [0, 0.05) is 58.7 Å². The number of rotatable bonds is 9. The predicted octanol–water partition coefficient (Wildman–Crippen LogP) is 1.86.